The predicted molar refractivity (Wildman–Crippen MR) is 118 cm³/mol. The fourth-order valence-corrected chi connectivity index (χ4v) is 4.16. The van der Waals surface area contributed by atoms with E-state index in [1.54, 1.807) is 18.2 Å². The highest BCUT2D eigenvalue weighted by Crippen LogP contribution is 2.51. The lowest BCUT2D eigenvalue weighted by atomic mass is 9.78. The maximum absolute atomic E-state index is 13.2. The average molecular weight is 421 g/mol. The minimum atomic E-state index is -1.10. The van der Waals surface area contributed by atoms with Crippen LogP contribution in [0.25, 0.3) is 0 Å². The van der Waals surface area contributed by atoms with Gasteiger partial charge in [0.05, 0.1) is 11.1 Å². The fourth-order valence-electron chi connectivity index (χ4n) is 4.16. The summed E-state index contributed by atoms with van der Waals surface area (Å²) in [5.41, 5.74) is 2.64. The summed E-state index contributed by atoms with van der Waals surface area (Å²) >= 11 is 0. The molecular weight excluding hydrogens is 406 g/mol. The Kier molecular flexibility index (Phi) is 4.31. The normalized spacial score (nSPS) is 15.7. The van der Waals surface area contributed by atoms with Crippen molar-refractivity contribution >= 4 is 29.2 Å². The van der Waals surface area contributed by atoms with Crippen molar-refractivity contribution < 1.29 is 9.72 Å². The number of non-ortho nitro benzene ring substituents is 1. The molecule has 32 heavy (non-hydrogen) atoms. The highest BCUT2D eigenvalue weighted by Gasteiger charge is 2.52. The number of nitriles is 1. The van der Waals surface area contributed by atoms with Crippen LogP contribution in [0.15, 0.2) is 89.5 Å². The number of carbonyl (C=O) groups excluding carboxylic acids is 1. The summed E-state index contributed by atoms with van der Waals surface area (Å²) in [7, 11) is 0. The third-order valence-electron chi connectivity index (χ3n) is 5.60. The molecule has 2 aliphatic heterocycles. The minimum absolute atomic E-state index is 0.00245. The number of hydrazone groups is 1. The summed E-state index contributed by atoms with van der Waals surface area (Å²) in [6.07, 6.45) is 3.12. The lowest BCUT2D eigenvalue weighted by molar-refractivity contribution is -0.384. The Hall–Kier alpha value is -4.77. The van der Waals surface area contributed by atoms with Crippen molar-refractivity contribution in [1.29, 1.82) is 5.26 Å². The summed E-state index contributed by atoms with van der Waals surface area (Å²) in [6.45, 7) is 0. The van der Waals surface area contributed by atoms with Crippen LogP contribution in [-0.4, -0.2) is 22.1 Å². The number of rotatable bonds is 3. The molecule has 0 unspecified atom stereocenters. The Morgan fingerprint density at radius 3 is 2.16 bits per heavy atom. The van der Waals surface area contributed by atoms with Gasteiger partial charge in [-0.3, -0.25) is 14.9 Å². The van der Waals surface area contributed by atoms with E-state index in [2.05, 4.69) is 10.4 Å². The molecule has 0 fully saturated rings. The van der Waals surface area contributed by atoms with E-state index in [0.29, 0.717) is 5.56 Å². The van der Waals surface area contributed by atoms with Crippen LogP contribution in [0.2, 0.25) is 0 Å². The molecule has 5 rings (SSSR count). The molecule has 8 nitrogen and oxygen atoms in total. The molecule has 0 aromatic heterocycles. The maximum atomic E-state index is 13.2. The molecule has 3 aromatic rings. The van der Waals surface area contributed by atoms with E-state index in [9.17, 15) is 20.2 Å². The third-order valence-corrected chi connectivity index (χ3v) is 5.60. The van der Waals surface area contributed by atoms with Crippen molar-refractivity contribution in [3.8, 4) is 6.07 Å². The van der Waals surface area contributed by atoms with Gasteiger partial charge in [-0.2, -0.15) is 10.4 Å². The lowest BCUT2D eigenvalue weighted by Crippen LogP contribution is -2.44. The smallest absolute Gasteiger partial charge is 0.285 e. The second-order valence-electron chi connectivity index (χ2n) is 7.36. The quantitative estimate of drug-likeness (QED) is 0.387. The molecule has 0 aliphatic carbocycles. The Balaban J connectivity index is 1.68. The van der Waals surface area contributed by atoms with Crippen LogP contribution < -0.4 is 5.32 Å². The number of anilines is 2. The number of para-hydroxylation sites is 2. The van der Waals surface area contributed by atoms with Gasteiger partial charge >= 0.3 is 0 Å². The van der Waals surface area contributed by atoms with Gasteiger partial charge in [-0.05, 0) is 35.9 Å². The number of fused-ring (bicyclic) bond motifs is 4. The summed E-state index contributed by atoms with van der Waals surface area (Å²) < 4.78 is 0. The summed E-state index contributed by atoms with van der Waals surface area (Å²) in [5, 5.41) is 29.7. The van der Waals surface area contributed by atoms with Crippen molar-refractivity contribution in [2.24, 2.45) is 5.10 Å². The molecule has 2 aliphatic rings. The number of hydrogen-bond acceptors (Lipinski definition) is 6. The molecule has 0 saturated carbocycles. The Bertz CT molecular complexity index is 1320. The molecule has 3 aromatic carbocycles. The number of amides is 1. The first-order valence-electron chi connectivity index (χ1n) is 9.76. The van der Waals surface area contributed by atoms with Crippen LogP contribution >= 0.6 is 0 Å². The van der Waals surface area contributed by atoms with E-state index >= 15 is 0 Å². The topological polar surface area (TPSA) is 112 Å². The number of nitrogens with zero attached hydrogens (tertiary/aromatic N) is 4. The van der Waals surface area contributed by atoms with Crippen molar-refractivity contribution in [2.45, 2.75) is 5.54 Å². The van der Waals surface area contributed by atoms with Crippen molar-refractivity contribution in [3.05, 3.63) is 111 Å². The zero-order chi connectivity index (χ0) is 22.3. The average Bonchev–Trinajstić information content (AvgIpc) is 3.10. The van der Waals surface area contributed by atoms with Crippen LogP contribution in [0.5, 0.6) is 0 Å². The van der Waals surface area contributed by atoms with Crippen LogP contribution in [0.1, 0.15) is 16.7 Å². The largest absolute Gasteiger partial charge is 0.355 e. The van der Waals surface area contributed by atoms with Crippen molar-refractivity contribution in [1.82, 2.24) is 5.01 Å². The zero-order valence-corrected chi connectivity index (χ0v) is 16.6. The number of carbonyl (C=O) groups is 1. The minimum Gasteiger partial charge on any atom is -0.355 e. The van der Waals surface area contributed by atoms with Gasteiger partial charge in [0.15, 0.2) is 0 Å². The number of nitrogens with one attached hydrogen (secondary N) is 1. The van der Waals surface area contributed by atoms with Gasteiger partial charge in [0.2, 0.25) is 0 Å². The Labute approximate surface area is 182 Å². The molecule has 154 valence electrons. The summed E-state index contributed by atoms with van der Waals surface area (Å²) in [6, 6.07) is 23.0. The molecule has 0 radical (unpaired) electrons. The van der Waals surface area contributed by atoms with Crippen molar-refractivity contribution in [2.75, 3.05) is 5.32 Å². The van der Waals surface area contributed by atoms with Gasteiger partial charge in [0.25, 0.3) is 11.6 Å². The number of benzene rings is 3. The second kappa shape index (κ2) is 7.18. The SMILES string of the molecule is N#CC1=CC2(c3ccccc3Nc3ccccc32)N(/N=C\c2ccc([N+](=O)[O-])cc2)C1=O. The first kappa shape index (κ1) is 19.2. The maximum Gasteiger partial charge on any atom is 0.285 e. The van der Waals surface area contributed by atoms with Gasteiger partial charge in [0, 0.05) is 34.6 Å². The number of nitro groups is 1. The molecular formula is C24H15N5O3. The van der Waals surface area contributed by atoms with Gasteiger partial charge in [-0.25, -0.2) is 5.01 Å². The molecule has 0 bridgehead atoms. The van der Waals surface area contributed by atoms with E-state index in [1.807, 2.05) is 54.6 Å². The molecule has 1 N–H and O–H groups in total. The lowest BCUT2D eigenvalue weighted by Gasteiger charge is -2.41. The van der Waals surface area contributed by atoms with E-state index in [4.69, 9.17) is 0 Å². The van der Waals surface area contributed by atoms with E-state index in [-0.39, 0.29) is 11.3 Å². The van der Waals surface area contributed by atoms with E-state index in [1.165, 1.54) is 23.4 Å². The van der Waals surface area contributed by atoms with Crippen LogP contribution in [0.4, 0.5) is 17.1 Å². The fraction of sp³-hybridized carbons (Fsp3) is 0.0417. The van der Waals surface area contributed by atoms with Crippen molar-refractivity contribution in [3.63, 3.8) is 0 Å². The first-order valence-corrected chi connectivity index (χ1v) is 9.76. The van der Waals surface area contributed by atoms with Crippen LogP contribution in [0, 0.1) is 21.4 Å². The van der Waals surface area contributed by atoms with E-state index < -0.39 is 16.4 Å². The molecule has 2 heterocycles. The van der Waals surface area contributed by atoms with Gasteiger partial charge in [-0.1, -0.05) is 36.4 Å². The Morgan fingerprint density at radius 1 is 1.00 bits per heavy atom. The highest BCUT2D eigenvalue weighted by atomic mass is 16.6. The molecule has 1 amide bonds. The second-order valence-corrected chi connectivity index (χ2v) is 7.36. The monoisotopic (exact) mass is 421 g/mol. The standard InChI is InChI=1S/C24H15N5O3/c25-14-17-13-24(19-5-1-3-7-21(19)27-22-8-4-2-6-20(22)24)28(23(17)30)26-15-16-9-11-18(12-10-16)29(31)32/h1-13,15,27H/b26-15-. The summed E-state index contributed by atoms with van der Waals surface area (Å²) in [4.78, 5) is 23.6. The van der Waals surface area contributed by atoms with Gasteiger partial charge < -0.3 is 5.32 Å². The number of hydrogen-bond donors (Lipinski definition) is 1. The van der Waals surface area contributed by atoms with Gasteiger partial charge in [-0.15, -0.1) is 0 Å². The number of nitro benzene ring substituents is 1. The van der Waals surface area contributed by atoms with E-state index in [0.717, 1.165) is 22.5 Å². The van der Waals surface area contributed by atoms with Gasteiger partial charge in [0.1, 0.15) is 17.2 Å². The first-order chi connectivity index (χ1) is 15.5. The summed E-state index contributed by atoms with van der Waals surface area (Å²) in [5.74, 6) is -0.517. The molecule has 8 heteroatoms. The highest BCUT2D eigenvalue weighted by molar-refractivity contribution is 6.03. The predicted octanol–water partition coefficient (Wildman–Crippen LogP) is 4.22. The third kappa shape index (κ3) is 2.76. The van der Waals surface area contributed by atoms with Crippen LogP contribution in [0.3, 0.4) is 0 Å². The molecule has 0 atom stereocenters. The zero-order valence-electron chi connectivity index (χ0n) is 16.6. The Morgan fingerprint density at radius 2 is 1.59 bits per heavy atom. The van der Waals surface area contributed by atoms with Crippen LogP contribution in [-0.2, 0) is 10.3 Å². The molecule has 1 spiro atoms. The molecule has 0 saturated heterocycles.